The Labute approximate surface area is 190 Å². The molecular weight excluding hydrogens is 410 g/mol. The molecule has 5 aromatic rings. The van der Waals surface area contributed by atoms with Gasteiger partial charge in [-0.3, -0.25) is 0 Å². The highest BCUT2D eigenvalue weighted by molar-refractivity contribution is 6.14. The molecule has 0 fully saturated rings. The maximum atomic E-state index is 9.07. The third kappa shape index (κ3) is 4.18. The Morgan fingerprint density at radius 2 is 1.67 bits per heavy atom. The number of aromatic amines is 1. The Kier molecular flexibility index (Phi) is 5.32. The summed E-state index contributed by atoms with van der Waals surface area (Å²) in [6, 6.07) is 25.7. The molecule has 0 amide bonds. The quantitative estimate of drug-likeness (QED) is 0.362. The molecule has 33 heavy (non-hydrogen) atoms. The number of hydrogen-bond donors (Lipinski definition) is 2. The number of benzene rings is 2. The normalized spacial score (nSPS) is 10.5. The molecule has 0 saturated heterocycles. The number of hydrogen-bond acceptors (Lipinski definition) is 6. The van der Waals surface area contributed by atoms with Gasteiger partial charge in [0.25, 0.3) is 0 Å². The summed E-state index contributed by atoms with van der Waals surface area (Å²) in [4.78, 5) is 21.5. The molecule has 0 aliphatic carbocycles. The van der Waals surface area contributed by atoms with E-state index in [4.69, 9.17) is 15.2 Å². The lowest BCUT2D eigenvalue weighted by molar-refractivity contribution is 1.21. The van der Waals surface area contributed by atoms with E-state index in [9.17, 15) is 0 Å². The maximum absolute atomic E-state index is 9.07. The number of nitrogens with zero attached hydrogens (tertiary/aromatic N) is 5. The Morgan fingerprint density at radius 3 is 2.30 bits per heavy atom. The summed E-state index contributed by atoms with van der Waals surface area (Å²) < 4.78 is 0. The van der Waals surface area contributed by atoms with E-state index in [0.717, 1.165) is 33.6 Å². The van der Waals surface area contributed by atoms with Gasteiger partial charge in [-0.25, -0.2) is 19.9 Å². The van der Waals surface area contributed by atoms with Crippen LogP contribution in [-0.2, 0) is 0 Å². The molecule has 0 saturated carbocycles. The molecule has 0 bridgehead atoms. The minimum atomic E-state index is 0.371. The fourth-order valence-electron chi connectivity index (χ4n) is 3.55. The van der Waals surface area contributed by atoms with Crippen LogP contribution in [0.3, 0.4) is 0 Å². The van der Waals surface area contributed by atoms with Gasteiger partial charge >= 0.3 is 0 Å². The third-order valence-corrected chi connectivity index (χ3v) is 5.19. The predicted octanol–water partition coefficient (Wildman–Crippen LogP) is 5.45. The lowest BCUT2D eigenvalue weighted by atomic mass is 10.0. The number of pyridine rings is 2. The summed E-state index contributed by atoms with van der Waals surface area (Å²) >= 11 is 0. The molecule has 0 aliphatic heterocycles. The number of anilines is 2. The number of fused-ring (bicyclic) bond motifs is 1. The number of aliphatic imine (C=N–C) groups is 1. The molecule has 2 N–H and O–H groups in total. The lowest BCUT2D eigenvalue weighted by Gasteiger charge is -2.11. The largest absolute Gasteiger partial charge is 0.344 e. The molecule has 0 atom stereocenters. The SMILES string of the molecule is Cc1cc(C#N)ncc1Nc1cc2[nH]cnc2c(N=C(c2ccccc2)c2ccccc2)n1. The van der Waals surface area contributed by atoms with Gasteiger partial charge in [0.05, 0.1) is 29.4 Å². The molecule has 2 aromatic carbocycles. The highest BCUT2D eigenvalue weighted by atomic mass is 15.1. The summed E-state index contributed by atoms with van der Waals surface area (Å²) in [5, 5.41) is 12.4. The van der Waals surface area contributed by atoms with Crippen LogP contribution in [-0.4, -0.2) is 25.6 Å². The first-order valence-electron chi connectivity index (χ1n) is 10.4. The second-order valence-corrected chi connectivity index (χ2v) is 7.44. The van der Waals surface area contributed by atoms with Crippen molar-refractivity contribution in [2.45, 2.75) is 6.92 Å². The minimum absolute atomic E-state index is 0.371. The van der Waals surface area contributed by atoms with Crippen LogP contribution in [0.1, 0.15) is 22.4 Å². The van der Waals surface area contributed by atoms with Crippen LogP contribution in [0.25, 0.3) is 11.0 Å². The van der Waals surface area contributed by atoms with Gasteiger partial charge in [0, 0.05) is 17.2 Å². The summed E-state index contributed by atoms with van der Waals surface area (Å²) in [7, 11) is 0. The number of H-pyrrole nitrogens is 1. The molecule has 0 unspecified atom stereocenters. The van der Waals surface area contributed by atoms with Gasteiger partial charge in [-0.2, -0.15) is 5.26 Å². The Balaban J connectivity index is 1.63. The molecule has 0 aliphatic rings. The van der Waals surface area contributed by atoms with E-state index in [1.807, 2.05) is 73.7 Å². The topological polar surface area (TPSA) is 103 Å². The van der Waals surface area contributed by atoms with Gasteiger partial charge in [0.15, 0.2) is 5.82 Å². The van der Waals surface area contributed by atoms with Crippen LogP contribution in [0.15, 0.2) is 90.3 Å². The number of aromatic nitrogens is 4. The number of rotatable bonds is 5. The van der Waals surface area contributed by atoms with Crippen molar-refractivity contribution in [3.8, 4) is 6.07 Å². The molecule has 7 nitrogen and oxygen atoms in total. The zero-order valence-corrected chi connectivity index (χ0v) is 17.8. The molecule has 158 valence electrons. The summed E-state index contributed by atoms with van der Waals surface area (Å²) in [6.07, 6.45) is 3.27. The lowest BCUT2D eigenvalue weighted by Crippen LogP contribution is -2.03. The van der Waals surface area contributed by atoms with E-state index in [1.54, 1.807) is 18.6 Å². The van der Waals surface area contributed by atoms with Crippen LogP contribution in [0.4, 0.5) is 17.3 Å². The van der Waals surface area contributed by atoms with E-state index < -0.39 is 0 Å². The van der Waals surface area contributed by atoms with Crippen molar-refractivity contribution < 1.29 is 0 Å². The average Bonchev–Trinajstić information content (AvgIpc) is 3.34. The summed E-state index contributed by atoms with van der Waals surface area (Å²) in [5.41, 5.74) is 6.30. The van der Waals surface area contributed by atoms with E-state index in [1.165, 1.54) is 0 Å². The van der Waals surface area contributed by atoms with Crippen LogP contribution >= 0.6 is 0 Å². The van der Waals surface area contributed by atoms with Crippen molar-refractivity contribution in [3.05, 3.63) is 108 Å². The highest BCUT2D eigenvalue weighted by Gasteiger charge is 2.13. The molecule has 3 aromatic heterocycles. The highest BCUT2D eigenvalue weighted by Crippen LogP contribution is 2.28. The smallest absolute Gasteiger partial charge is 0.183 e. The van der Waals surface area contributed by atoms with E-state index in [-0.39, 0.29) is 0 Å². The monoisotopic (exact) mass is 429 g/mol. The van der Waals surface area contributed by atoms with Crippen molar-refractivity contribution in [2.75, 3.05) is 5.32 Å². The minimum Gasteiger partial charge on any atom is -0.344 e. The Morgan fingerprint density at radius 1 is 0.970 bits per heavy atom. The molecular formula is C26H19N7. The van der Waals surface area contributed by atoms with Gasteiger partial charge < -0.3 is 10.3 Å². The second-order valence-electron chi connectivity index (χ2n) is 7.44. The Bertz CT molecular complexity index is 1460. The van der Waals surface area contributed by atoms with Crippen molar-refractivity contribution >= 4 is 34.1 Å². The summed E-state index contributed by atoms with van der Waals surface area (Å²) in [5.74, 6) is 1.10. The van der Waals surface area contributed by atoms with Crippen LogP contribution in [0.2, 0.25) is 0 Å². The number of nitriles is 1. The zero-order chi connectivity index (χ0) is 22.6. The predicted molar refractivity (Wildman–Crippen MR) is 129 cm³/mol. The van der Waals surface area contributed by atoms with Gasteiger partial charge in [-0.1, -0.05) is 60.7 Å². The fourth-order valence-corrected chi connectivity index (χ4v) is 3.55. The molecule has 3 heterocycles. The summed E-state index contributed by atoms with van der Waals surface area (Å²) in [6.45, 7) is 1.92. The van der Waals surface area contributed by atoms with Gasteiger partial charge in [0.2, 0.25) is 0 Å². The van der Waals surface area contributed by atoms with Crippen molar-refractivity contribution in [1.82, 2.24) is 19.9 Å². The van der Waals surface area contributed by atoms with E-state index in [2.05, 4.69) is 26.3 Å². The van der Waals surface area contributed by atoms with Crippen LogP contribution in [0, 0.1) is 18.3 Å². The fraction of sp³-hybridized carbons (Fsp3) is 0.0385. The number of aryl methyl sites for hydroxylation is 1. The first-order valence-corrected chi connectivity index (χ1v) is 10.4. The van der Waals surface area contributed by atoms with Gasteiger partial charge in [-0.05, 0) is 18.6 Å². The van der Waals surface area contributed by atoms with Crippen molar-refractivity contribution in [2.24, 2.45) is 4.99 Å². The second kappa shape index (κ2) is 8.73. The van der Waals surface area contributed by atoms with Crippen LogP contribution in [0.5, 0.6) is 0 Å². The van der Waals surface area contributed by atoms with E-state index in [0.29, 0.717) is 22.8 Å². The molecule has 0 spiro atoms. The standard InChI is InChI=1S/C26H19N7/c1-17-12-20(14-27)28-15-22(17)31-23-13-21-25(30-16-29-21)26(32-23)33-24(18-8-4-2-5-9-18)19-10-6-3-7-11-19/h2-13,15-16H,1H3,(H,29,30)(H,31,32). The maximum Gasteiger partial charge on any atom is 0.183 e. The van der Waals surface area contributed by atoms with Gasteiger partial charge in [-0.15, -0.1) is 0 Å². The van der Waals surface area contributed by atoms with E-state index >= 15 is 0 Å². The molecule has 0 radical (unpaired) electrons. The van der Waals surface area contributed by atoms with Crippen molar-refractivity contribution in [1.29, 1.82) is 5.26 Å². The number of nitrogens with one attached hydrogen (secondary N) is 2. The van der Waals surface area contributed by atoms with Crippen molar-refractivity contribution in [3.63, 3.8) is 0 Å². The Hall–Kier alpha value is -4.83. The average molecular weight is 429 g/mol. The zero-order valence-electron chi connectivity index (χ0n) is 17.8. The molecule has 7 heteroatoms. The first kappa shape index (κ1) is 20.1. The third-order valence-electron chi connectivity index (χ3n) is 5.19. The van der Waals surface area contributed by atoms with Crippen LogP contribution < -0.4 is 5.32 Å². The molecule has 5 rings (SSSR count). The first-order chi connectivity index (χ1) is 16.2. The number of imidazole rings is 1. The van der Waals surface area contributed by atoms with Gasteiger partial charge in [0.1, 0.15) is 23.1 Å².